The van der Waals surface area contributed by atoms with E-state index in [1.54, 1.807) is 0 Å². The Morgan fingerprint density at radius 3 is 2.90 bits per heavy atom. The highest BCUT2D eigenvalue weighted by Crippen LogP contribution is 2.35. The number of thiophene rings is 1. The summed E-state index contributed by atoms with van der Waals surface area (Å²) in [5.41, 5.74) is 0.899. The third-order valence-corrected chi connectivity index (χ3v) is 4.65. The zero-order chi connectivity index (χ0) is 14.8. The summed E-state index contributed by atoms with van der Waals surface area (Å²) in [5.74, 6) is 0.596. The summed E-state index contributed by atoms with van der Waals surface area (Å²) in [7, 11) is 0. The number of hydrogen-bond donors (Lipinski definition) is 0. The van der Waals surface area contributed by atoms with Gasteiger partial charge in [-0.3, -0.25) is 4.79 Å². The van der Waals surface area contributed by atoms with Crippen molar-refractivity contribution in [2.24, 2.45) is 0 Å². The van der Waals surface area contributed by atoms with Crippen LogP contribution >= 0.6 is 11.3 Å². The van der Waals surface area contributed by atoms with Gasteiger partial charge < -0.3 is 14.4 Å². The van der Waals surface area contributed by atoms with E-state index in [0.29, 0.717) is 43.7 Å². The van der Waals surface area contributed by atoms with Gasteiger partial charge in [0.05, 0.1) is 30.1 Å². The van der Waals surface area contributed by atoms with Crippen molar-refractivity contribution in [2.75, 3.05) is 32.9 Å². The van der Waals surface area contributed by atoms with Crippen LogP contribution in [-0.4, -0.2) is 53.7 Å². The van der Waals surface area contributed by atoms with E-state index in [2.05, 4.69) is 9.97 Å². The number of morpholine rings is 1. The molecule has 1 aliphatic rings. The minimum absolute atomic E-state index is 0.0428. The van der Waals surface area contributed by atoms with Crippen LogP contribution < -0.4 is 4.74 Å². The monoisotopic (exact) mass is 307 g/mol. The van der Waals surface area contributed by atoms with E-state index in [-0.39, 0.29) is 5.91 Å². The molecule has 0 atom stereocenters. The molecule has 1 aliphatic heterocycles. The van der Waals surface area contributed by atoms with Crippen LogP contribution in [0.15, 0.2) is 6.33 Å². The second-order valence-electron chi connectivity index (χ2n) is 4.75. The molecule has 0 aliphatic carbocycles. The Kier molecular flexibility index (Phi) is 4.03. The number of rotatable bonds is 3. The van der Waals surface area contributed by atoms with Gasteiger partial charge in [0.25, 0.3) is 5.91 Å². The smallest absolute Gasteiger partial charge is 0.264 e. The molecule has 0 spiro atoms. The van der Waals surface area contributed by atoms with Gasteiger partial charge in [0, 0.05) is 13.1 Å². The van der Waals surface area contributed by atoms with Crippen molar-refractivity contribution in [1.29, 1.82) is 0 Å². The molecule has 0 unspecified atom stereocenters. The van der Waals surface area contributed by atoms with E-state index in [1.807, 2.05) is 18.7 Å². The molecular weight excluding hydrogens is 290 g/mol. The minimum atomic E-state index is 0.0428. The topological polar surface area (TPSA) is 64.6 Å². The summed E-state index contributed by atoms with van der Waals surface area (Å²) in [4.78, 5) is 24.4. The van der Waals surface area contributed by atoms with Crippen molar-refractivity contribution in [1.82, 2.24) is 14.9 Å². The van der Waals surface area contributed by atoms with Crippen LogP contribution in [0, 0.1) is 6.92 Å². The van der Waals surface area contributed by atoms with Gasteiger partial charge in [0.2, 0.25) is 5.88 Å². The van der Waals surface area contributed by atoms with Crippen LogP contribution in [0.3, 0.4) is 0 Å². The van der Waals surface area contributed by atoms with E-state index in [9.17, 15) is 4.79 Å². The molecule has 1 amide bonds. The van der Waals surface area contributed by atoms with Gasteiger partial charge in [-0.05, 0) is 19.4 Å². The number of aryl methyl sites for hydroxylation is 1. The van der Waals surface area contributed by atoms with E-state index < -0.39 is 0 Å². The maximum absolute atomic E-state index is 12.7. The summed E-state index contributed by atoms with van der Waals surface area (Å²) < 4.78 is 10.8. The van der Waals surface area contributed by atoms with Crippen LogP contribution in [-0.2, 0) is 4.74 Å². The van der Waals surface area contributed by atoms with Crippen molar-refractivity contribution in [2.45, 2.75) is 13.8 Å². The molecule has 21 heavy (non-hydrogen) atoms. The van der Waals surface area contributed by atoms with Crippen molar-refractivity contribution in [3.05, 3.63) is 16.8 Å². The zero-order valence-electron chi connectivity index (χ0n) is 12.1. The number of aromatic nitrogens is 2. The molecule has 0 bridgehead atoms. The van der Waals surface area contributed by atoms with Gasteiger partial charge in [-0.25, -0.2) is 9.97 Å². The Hall–Kier alpha value is -1.73. The van der Waals surface area contributed by atoms with Crippen LogP contribution in [0.4, 0.5) is 0 Å². The lowest BCUT2D eigenvalue weighted by molar-refractivity contribution is 0.0306. The van der Waals surface area contributed by atoms with Crippen molar-refractivity contribution in [3.63, 3.8) is 0 Å². The van der Waals surface area contributed by atoms with Crippen molar-refractivity contribution < 1.29 is 14.3 Å². The van der Waals surface area contributed by atoms with Crippen LogP contribution in [0.2, 0.25) is 0 Å². The molecule has 3 rings (SSSR count). The van der Waals surface area contributed by atoms with Gasteiger partial charge in [-0.2, -0.15) is 0 Å². The summed E-state index contributed by atoms with van der Waals surface area (Å²) in [5, 5.41) is 0.848. The molecule has 2 aromatic rings. The van der Waals surface area contributed by atoms with E-state index in [4.69, 9.17) is 9.47 Å². The van der Waals surface area contributed by atoms with Crippen molar-refractivity contribution in [3.8, 4) is 5.88 Å². The highest BCUT2D eigenvalue weighted by Gasteiger charge is 2.25. The lowest BCUT2D eigenvalue weighted by Gasteiger charge is -2.26. The second kappa shape index (κ2) is 5.95. The third kappa shape index (κ3) is 2.58. The Morgan fingerprint density at radius 2 is 2.19 bits per heavy atom. The molecule has 1 saturated heterocycles. The maximum Gasteiger partial charge on any atom is 0.264 e. The second-order valence-corrected chi connectivity index (χ2v) is 5.75. The third-order valence-electron chi connectivity index (χ3n) is 3.47. The molecule has 0 saturated carbocycles. The molecule has 1 fully saturated rings. The fourth-order valence-electron chi connectivity index (χ4n) is 2.40. The summed E-state index contributed by atoms with van der Waals surface area (Å²) in [6.07, 6.45) is 1.48. The summed E-state index contributed by atoms with van der Waals surface area (Å²) >= 11 is 1.40. The largest absolute Gasteiger partial charge is 0.477 e. The number of fused-ring (bicyclic) bond motifs is 1. The van der Waals surface area contributed by atoms with Crippen LogP contribution in [0.1, 0.15) is 22.2 Å². The first-order valence-corrected chi connectivity index (χ1v) is 7.78. The fourth-order valence-corrected chi connectivity index (χ4v) is 3.51. The lowest BCUT2D eigenvalue weighted by atomic mass is 10.2. The van der Waals surface area contributed by atoms with E-state index in [0.717, 1.165) is 15.8 Å². The molecular formula is C14H17N3O3S. The zero-order valence-corrected chi connectivity index (χ0v) is 12.9. The number of carbonyl (C=O) groups excluding carboxylic acids is 1. The fraction of sp³-hybridized carbons (Fsp3) is 0.500. The number of hydrogen-bond acceptors (Lipinski definition) is 6. The van der Waals surface area contributed by atoms with E-state index in [1.165, 1.54) is 17.7 Å². The summed E-state index contributed by atoms with van der Waals surface area (Å²) in [6, 6.07) is 0. The Bertz CT molecular complexity index is 665. The standard InChI is InChI=1S/C14H17N3O3S/c1-3-20-12-10-9(2)11(21-13(10)16-8-15-12)14(18)17-4-6-19-7-5-17/h8H,3-7H2,1-2H3. The number of ether oxygens (including phenoxy) is 2. The quantitative estimate of drug-likeness (QED) is 0.866. The molecule has 0 N–H and O–H groups in total. The number of carbonyl (C=O) groups is 1. The predicted octanol–water partition coefficient (Wildman–Crippen LogP) is 1.87. The van der Waals surface area contributed by atoms with Gasteiger partial charge in [-0.15, -0.1) is 11.3 Å². The van der Waals surface area contributed by atoms with E-state index >= 15 is 0 Å². The lowest BCUT2D eigenvalue weighted by Crippen LogP contribution is -2.40. The van der Waals surface area contributed by atoms with Gasteiger partial charge in [0.1, 0.15) is 11.2 Å². The molecule has 0 radical (unpaired) electrons. The minimum Gasteiger partial charge on any atom is -0.477 e. The summed E-state index contributed by atoms with van der Waals surface area (Å²) in [6.45, 7) is 6.84. The Balaban J connectivity index is 2.01. The molecule has 3 heterocycles. The first kappa shape index (κ1) is 14.2. The van der Waals surface area contributed by atoms with Crippen LogP contribution in [0.5, 0.6) is 5.88 Å². The normalized spacial score (nSPS) is 15.4. The molecule has 112 valence electrons. The first-order chi connectivity index (χ1) is 10.2. The van der Waals surface area contributed by atoms with Crippen molar-refractivity contribution >= 4 is 27.5 Å². The average Bonchev–Trinajstić information content (AvgIpc) is 2.86. The predicted molar refractivity (Wildman–Crippen MR) is 80.0 cm³/mol. The van der Waals surface area contributed by atoms with Crippen LogP contribution in [0.25, 0.3) is 10.2 Å². The SMILES string of the molecule is CCOc1ncnc2sc(C(=O)N3CCOCC3)c(C)c12. The average molecular weight is 307 g/mol. The molecule has 2 aromatic heterocycles. The number of amides is 1. The van der Waals surface area contributed by atoms with Gasteiger partial charge >= 0.3 is 0 Å². The highest BCUT2D eigenvalue weighted by molar-refractivity contribution is 7.20. The van der Waals surface area contributed by atoms with Gasteiger partial charge in [0.15, 0.2) is 0 Å². The van der Waals surface area contributed by atoms with Gasteiger partial charge in [-0.1, -0.05) is 0 Å². The molecule has 6 nitrogen and oxygen atoms in total. The molecule has 7 heteroatoms. The Labute approximate surface area is 126 Å². The maximum atomic E-state index is 12.7. The highest BCUT2D eigenvalue weighted by atomic mass is 32.1. The Morgan fingerprint density at radius 1 is 1.43 bits per heavy atom. The first-order valence-electron chi connectivity index (χ1n) is 6.96. The molecule has 0 aromatic carbocycles. The number of nitrogens with zero attached hydrogens (tertiary/aromatic N) is 3.